The number of rotatable bonds is 2. The molecule has 9 heteroatoms. The number of hydrogen-bond donors (Lipinski definition) is 1. The highest BCUT2D eigenvalue weighted by Crippen LogP contribution is 2.19. The SMILES string of the molecule is Nc1nc(-n2cncn2)ncc1-n1nccc1Br. The van der Waals surface area contributed by atoms with Crippen LogP contribution in [0.3, 0.4) is 0 Å². The summed E-state index contributed by atoms with van der Waals surface area (Å²) in [6.07, 6.45) is 6.13. The third-order valence-corrected chi connectivity index (χ3v) is 2.83. The average molecular weight is 307 g/mol. The zero-order chi connectivity index (χ0) is 12.5. The van der Waals surface area contributed by atoms with Crippen LogP contribution in [0.5, 0.6) is 0 Å². The molecule has 0 aromatic carbocycles. The molecule has 0 bridgehead atoms. The van der Waals surface area contributed by atoms with Crippen LogP contribution in [0.4, 0.5) is 5.82 Å². The predicted molar refractivity (Wildman–Crippen MR) is 66.2 cm³/mol. The minimum Gasteiger partial charge on any atom is -0.382 e. The Hall–Kier alpha value is -2.29. The van der Waals surface area contributed by atoms with E-state index in [-0.39, 0.29) is 0 Å². The molecule has 0 saturated heterocycles. The van der Waals surface area contributed by atoms with Gasteiger partial charge in [-0.3, -0.25) is 0 Å². The van der Waals surface area contributed by atoms with Crippen LogP contribution in [0.1, 0.15) is 0 Å². The van der Waals surface area contributed by atoms with Crippen molar-refractivity contribution in [3.05, 3.63) is 35.7 Å². The number of nitrogens with zero attached hydrogens (tertiary/aromatic N) is 7. The Labute approximate surface area is 110 Å². The van der Waals surface area contributed by atoms with Gasteiger partial charge in [-0.05, 0) is 22.0 Å². The monoisotopic (exact) mass is 306 g/mol. The highest BCUT2D eigenvalue weighted by Gasteiger charge is 2.10. The lowest BCUT2D eigenvalue weighted by Crippen LogP contribution is -2.09. The van der Waals surface area contributed by atoms with E-state index in [1.165, 1.54) is 17.3 Å². The molecule has 3 aromatic heterocycles. The summed E-state index contributed by atoms with van der Waals surface area (Å²) in [7, 11) is 0. The number of anilines is 1. The first-order chi connectivity index (χ1) is 8.75. The van der Waals surface area contributed by atoms with Crippen molar-refractivity contribution in [2.24, 2.45) is 0 Å². The van der Waals surface area contributed by atoms with Gasteiger partial charge in [0.1, 0.15) is 22.9 Å². The molecular weight excluding hydrogens is 300 g/mol. The minimum absolute atomic E-state index is 0.305. The normalized spacial score (nSPS) is 10.7. The van der Waals surface area contributed by atoms with Gasteiger partial charge >= 0.3 is 0 Å². The van der Waals surface area contributed by atoms with E-state index in [1.807, 2.05) is 0 Å². The molecule has 3 aromatic rings. The van der Waals surface area contributed by atoms with E-state index >= 15 is 0 Å². The van der Waals surface area contributed by atoms with Crippen LogP contribution >= 0.6 is 15.9 Å². The first-order valence-corrected chi connectivity index (χ1v) is 5.72. The van der Waals surface area contributed by atoms with Crippen LogP contribution in [-0.4, -0.2) is 34.5 Å². The maximum absolute atomic E-state index is 5.89. The van der Waals surface area contributed by atoms with Gasteiger partial charge in [0.05, 0.1) is 12.4 Å². The average Bonchev–Trinajstić information content (AvgIpc) is 3.00. The topological polar surface area (TPSA) is 100 Å². The molecule has 0 radical (unpaired) electrons. The van der Waals surface area contributed by atoms with E-state index in [9.17, 15) is 0 Å². The second-order valence-corrected chi connectivity index (χ2v) is 4.16. The highest BCUT2D eigenvalue weighted by molar-refractivity contribution is 9.10. The molecule has 0 aliphatic carbocycles. The molecule has 18 heavy (non-hydrogen) atoms. The van der Waals surface area contributed by atoms with Gasteiger partial charge in [-0.1, -0.05) is 0 Å². The molecule has 0 fully saturated rings. The summed E-state index contributed by atoms with van der Waals surface area (Å²) < 4.78 is 3.80. The lowest BCUT2D eigenvalue weighted by atomic mass is 10.5. The largest absolute Gasteiger partial charge is 0.382 e. The number of nitrogens with two attached hydrogens (primary N) is 1. The van der Waals surface area contributed by atoms with Gasteiger partial charge in [-0.2, -0.15) is 19.9 Å². The molecule has 2 N–H and O–H groups in total. The third-order valence-electron chi connectivity index (χ3n) is 2.23. The summed E-state index contributed by atoms with van der Waals surface area (Å²) in [5, 5.41) is 8.05. The van der Waals surface area contributed by atoms with Crippen LogP contribution in [-0.2, 0) is 0 Å². The molecule has 3 rings (SSSR count). The molecular formula is C9H7BrN8. The quantitative estimate of drug-likeness (QED) is 0.743. The molecule has 0 atom stereocenters. The number of hydrogen-bond acceptors (Lipinski definition) is 6. The molecule has 0 saturated carbocycles. The van der Waals surface area contributed by atoms with E-state index in [4.69, 9.17) is 5.73 Å². The smallest absolute Gasteiger partial charge is 0.254 e. The molecule has 0 aliphatic heterocycles. The Morgan fingerprint density at radius 3 is 2.78 bits per heavy atom. The van der Waals surface area contributed by atoms with Crippen molar-refractivity contribution in [3.8, 4) is 11.6 Å². The molecule has 90 valence electrons. The Kier molecular flexibility index (Phi) is 2.52. The van der Waals surface area contributed by atoms with E-state index in [1.54, 1.807) is 23.1 Å². The van der Waals surface area contributed by atoms with Crippen molar-refractivity contribution >= 4 is 21.7 Å². The summed E-state index contributed by atoms with van der Waals surface area (Å²) in [5.41, 5.74) is 6.49. The van der Waals surface area contributed by atoms with Gasteiger partial charge in [0.2, 0.25) is 0 Å². The maximum Gasteiger partial charge on any atom is 0.254 e. The number of halogens is 1. The molecule has 3 heterocycles. The minimum atomic E-state index is 0.305. The van der Waals surface area contributed by atoms with E-state index < -0.39 is 0 Å². The van der Waals surface area contributed by atoms with Crippen molar-refractivity contribution in [2.75, 3.05) is 5.73 Å². The van der Waals surface area contributed by atoms with Crippen molar-refractivity contribution in [3.63, 3.8) is 0 Å². The zero-order valence-electron chi connectivity index (χ0n) is 8.97. The van der Waals surface area contributed by atoms with Gasteiger partial charge in [-0.15, -0.1) is 0 Å². The standard InChI is InChI=1S/C9H7BrN8/c10-7-1-2-14-18(7)6-3-13-9(16-8(6)11)17-5-12-4-15-17/h1-5H,(H2,11,13,16). The lowest BCUT2D eigenvalue weighted by Gasteiger charge is -2.07. The predicted octanol–water partition coefficient (Wildman–Crippen LogP) is 0.588. The van der Waals surface area contributed by atoms with Crippen molar-refractivity contribution in [1.82, 2.24) is 34.5 Å². The van der Waals surface area contributed by atoms with Crippen LogP contribution in [0.25, 0.3) is 11.6 Å². The molecule has 0 spiro atoms. The van der Waals surface area contributed by atoms with Gasteiger partial charge in [0.25, 0.3) is 5.95 Å². The van der Waals surface area contributed by atoms with E-state index in [0.29, 0.717) is 17.5 Å². The van der Waals surface area contributed by atoms with Gasteiger partial charge in [0, 0.05) is 0 Å². The fraction of sp³-hybridized carbons (Fsp3) is 0. The van der Waals surface area contributed by atoms with Crippen LogP contribution < -0.4 is 5.73 Å². The first kappa shape index (κ1) is 10.8. The Morgan fingerprint density at radius 2 is 2.17 bits per heavy atom. The fourth-order valence-electron chi connectivity index (χ4n) is 1.43. The van der Waals surface area contributed by atoms with Crippen LogP contribution in [0, 0.1) is 0 Å². The van der Waals surface area contributed by atoms with E-state index in [0.717, 1.165) is 4.60 Å². The van der Waals surface area contributed by atoms with E-state index in [2.05, 4.69) is 41.1 Å². The Bertz CT molecular complexity index is 674. The second-order valence-electron chi connectivity index (χ2n) is 3.35. The summed E-state index contributed by atoms with van der Waals surface area (Å²) in [5.74, 6) is 0.664. The zero-order valence-corrected chi connectivity index (χ0v) is 10.6. The Morgan fingerprint density at radius 1 is 1.28 bits per heavy atom. The van der Waals surface area contributed by atoms with Crippen molar-refractivity contribution in [1.29, 1.82) is 0 Å². The summed E-state index contributed by atoms with van der Waals surface area (Å²) >= 11 is 3.36. The maximum atomic E-state index is 5.89. The lowest BCUT2D eigenvalue weighted by molar-refractivity contribution is 0.791. The number of nitrogen functional groups attached to an aromatic ring is 1. The first-order valence-electron chi connectivity index (χ1n) is 4.93. The highest BCUT2D eigenvalue weighted by atomic mass is 79.9. The third kappa shape index (κ3) is 1.74. The Balaban J connectivity index is 2.08. The van der Waals surface area contributed by atoms with Crippen LogP contribution in [0.15, 0.2) is 35.7 Å². The molecule has 0 amide bonds. The summed E-state index contributed by atoms with van der Waals surface area (Å²) in [6.45, 7) is 0. The van der Waals surface area contributed by atoms with Gasteiger partial charge < -0.3 is 5.73 Å². The fourth-order valence-corrected chi connectivity index (χ4v) is 1.83. The van der Waals surface area contributed by atoms with Crippen molar-refractivity contribution < 1.29 is 0 Å². The molecule has 0 aliphatic rings. The van der Waals surface area contributed by atoms with Crippen molar-refractivity contribution in [2.45, 2.75) is 0 Å². The second kappa shape index (κ2) is 4.18. The molecule has 0 unspecified atom stereocenters. The van der Waals surface area contributed by atoms with Crippen LogP contribution in [0.2, 0.25) is 0 Å². The van der Waals surface area contributed by atoms with Gasteiger partial charge in [0.15, 0.2) is 5.82 Å². The van der Waals surface area contributed by atoms with Gasteiger partial charge in [-0.25, -0.2) is 14.6 Å². The molecule has 8 nitrogen and oxygen atoms in total. The summed E-state index contributed by atoms with van der Waals surface area (Å²) in [6, 6.07) is 1.80. The number of aromatic nitrogens is 7. The summed E-state index contributed by atoms with van der Waals surface area (Å²) in [4.78, 5) is 12.1.